The Morgan fingerprint density at radius 1 is 1.10 bits per heavy atom. The summed E-state index contributed by atoms with van der Waals surface area (Å²) >= 11 is 0. The van der Waals surface area contributed by atoms with Gasteiger partial charge in [0.25, 0.3) is 17.0 Å². The van der Waals surface area contributed by atoms with Crippen LogP contribution >= 0.6 is 0 Å². The van der Waals surface area contributed by atoms with Gasteiger partial charge in [0, 0.05) is 13.1 Å². The number of aromatic nitrogens is 2. The number of hydrogen-bond donors (Lipinski definition) is 1. The van der Waals surface area contributed by atoms with Crippen LogP contribution in [0.15, 0.2) is 58.1 Å². The highest BCUT2D eigenvalue weighted by atomic mass is 19.1. The molecule has 0 aliphatic heterocycles. The van der Waals surface area contributed by atoms with E-state index in [4.69, 9.17) is 4.74 Å². The molecule has 0 aliphatic rings. The molecule has 1 amide bonds. The van der Waals surface area contributed by atoms with Crippen molar-refractivity contribution >= 4 is 22.6 Å². The maximum atomic E-state index is 13.3. The van der Waals surface area contributed by atoms with Crippen LogP contribution in [0.3, 0.4) is 0 Å². The number of amides is 1. The van der Waals surface area contributed by atoms with Gasteiger partial charge in [-0.1, -0.05) is 24.3 Å². The Morgan fingerprint density at radius 2 is 1.83 bits per heavy atom. The van der Waals surface area contributed by atoms with Crippen molar-refractivity contribution in [2.75, 3.05) is 13.2 Å². The van der Waals surface area contributed by atoms with Crippen molar-refractivity contribution in [3.63, 3.8) is 0 Å². The fourth-order valence-corrected chi connectivity index (χ4v) is 3.00. The minimum Gasteiger partial charge on any atom is -0.454 e. The summed E-state index contributed by atoms with van der Waals surface area (Å²) in [5.41, 5.74) is -0.451. The van der Waals surface area contributed by atoms with E-state index in [1.807, 2.05) is 0 Å². The first-order valence-electron chi connectivity index (χ1n) is 9.28. The van der Waals surface area contributed by atoms with Crippen molar-refractivity contribution in [2.24, 2.45) is 0 Å². The number of carbonyl (C=O) groups excluding carboxylic acids is 2. The van der Waals surface area contributed by atoms with Gasteiger partial charge in [-0.15, -0.1) is 0 Å². The summed E-state index contributed by atoms with van der Waals surface area (Å²) in [6.45, 7) is 1.18. The van der Waals surface area contributed by atoms with E-state index in [9.17, 15) is 23.6 Å². The van der Waals surface area contributed by atoms with E-state index in [0.717, 1.165) is 4.68 Å². The maximum absolute atomic E-state index is 13.3. The van der Waals surface area contributed by atoms with Crippen LogP contribution in [0.1, 0.15) is 12.5 Å². The lowest BCUT2D eigenvalue weighted by atomic mass is 10.2. The van der Waals surface area contributed by atoms with Crippen LogP contribution in [0.25, 0.3) is 10.8 Å². The van der Waals surface area contributed by atoms with Crippen LogP contribution in [-0.4, -0.2) is 39.7 Å². The van der Waals surface area contributed by atoms with Gasteiger partial charge in [0.1, 0.15) is 12.4 Å². The van der Waals surface area contributed by atoms with Gasteiger partial charge in [0.15, 0.2) is 6.61 Å². The normalized spacial score (nSPS) is 10.7. The van der Waals surface area contributed by atoms with Gasteiger partial charge in [0.2, 0.25) is 0 Å². The molecule has 0 radical (unpaired) electrons. The van der Waals surface area contributed by atoms with E-state index in [-0.39, 0.29) is 17.3 Å². The first kappa shape index (κ1) is 21.0. The van der Waals surface area contributed by atoms with Crippen molar-refractivity contribution in [1.82, 2.24) is 14.7 Å². The molecule has 0 saturated carbocycles. The Labute approximate surface area is 170 Å². The molecule has 3 aromatic rings. The third-order valence-corrected chi connectivity index (χ3v) is 4.52. The number of nitrogens with zero attached hydrogens (tertiary/aromatic N) is 2. The quantitative estimate of drug-likeness (QED) is 0.591. The Kier molecular flexibility index (Phi) is 6.41. The molecule has 0 fully saturated rings. The average molecular weight is 413 g/mol. The number of rotatable bonds is 7. The molecule has 0 saturated heterocycles. The largest absolute Gasteiger partial charge is 0.454 e. The zero-order valence-corrected chi connectivity index (χ0v) is 16.3. The number of carbonyl (C=O) groups is 2. The summed E-state index contributed by atoms with van der Waals surface area (Å²) < 4.78 is 19.1. The number of benzene rings is 2. The fourth-order valence-electron chi connectivity index (χ4n) is 3.00. The van der Waals surface area contributed by atoms with E-state index in [1.165, 1.54) is 29.2 Å². The van der Waals surface area contributed by atoms with Crippen LogP contribution in [0.5, 0.6) is 0 Å². The van der Waals surface area contributed by atoms with Gasteiger partial charge in [0.05, 0.1) is 10.8 Å². The van der Waals surface area contributed by atoms with Gasteiger partial charge >= 0.3 is 5.97 Å². The van der Waals surface area contributed by atoms with E-state index in [0.29, 0.717) is 12.1 Å². The Morgan fingerprint density at radius 3 is 2.53 bits per heavy atom. The third-order valence-electron chi connectivity index (χ3n) is 4.52. The lowest BCUT2D eigenvalue weighted by Gasteiger charge is -2.21. The van der Waals surface area contributed by atoms with Gasteiger partial charge < -0.3 is 9.64 Å². The smallest absolute Gasteiger partial charge is 0.328 e. The lowest BCUT2D eigenvalue weighted by molar-refractivity contribution is -0.152. The molecular formula is C21H20FN3O5. The zero-order chi connectivity index (χ0) is 21.7. The van der Waals surface area contributed by atoms with E-state index in [1.54, 1.807) is 31.2 Å². The highest BCUT2D eigenvalue weighted by molar-refractivity contribution is 5.82. The number of H-pyrrole nitrogens is 1. The molecule has 1 N–H and O–H groups in total. The summed E-state index contributed by atoms with van der Waals surface area (Å²) in [6.07, 6.45) is 0. The van der Waals surface area contributed by atoms with Crippen LogP contribution in [0.2, 0.25) is 0 Å². The minimum absolute atomic E-state index is 0.169. The molecular weight excluding hydrogens is 393 g/mol. The highest BCUT2D eigenvalue weighted by Gasteiger charge is 2.16. The van der Waals surface area contributed by atoms with Crippen LogP contribution in [0, 0.1) is 5.82 Å². The van der Waals surface area contributed by atoms with Gasteiger partial charge in [-0.2, -0.15) is 0 Å². The van der Waals surface area contributed by atoms with E-state index in [2.05, 4.69) is 5.10 Å². The molecule has 156 valence electrons. The second-order valence-corrected chi connectivity index (χ2v) is 6.58. The predicted molar refractivity (Wildman–Crippen MR) is 107 cm³/mol. The topological polar surface area (TPSA) is 101 Å². The van der Waals surface area contributed by atoms with Crippen LogP contribution in [0.4, 0.5) is 4.39 Å². The molecule has 0 spiro atoms. The zero-order valence-electron chi connectivity index (χ0n) is 16.3. The number of nitrogens with one attached hydrogen (secondary N) is 1. The first-order valence-corrected chi connectivity index (χ1v) is 9.28. The standard InChI is InChI=1S/C21H20FN3O5/c1-2-24(11-14-6-5-7-15(22)10-14)18(26)13-30-19(27)12-25-21(29)17-9-4-3-8-16(17)20(28)23-25/h3-10H,2,11-13H2,1H3,(H,23,28). The summed E-state index contributed by atoms with van der Waals surface area (Å²) in [5, 5.41) is 2.72. The number of esters is 1. The molecule has 9 heteroatoms. The highest BCUT2D eigenvalue weighted by Crippen LogP contribution is 2.08. The van der Waals surface area contributed by atoms with Gasteiger partial charge in [-0.25, -0.2) is 9.07 Å². The van der Waals surface area contributed by atoms with Gasteiger partial charge in [-0.3, -0.25) is 24.3 Å². The van der Waals surface area contributed by atoms with Crippen molar-refractivity contribution in [3.05, 3.63) is 80.6 Å². The van der Waals surface area contributed by atoms with Crippen molar-refractivity contribution in [3.8, 4) is 0 Å². The monoisotopic (exact) mass is 413 g/mol. The molecule has 1 heterocycles. The number of ether oxygens (including phenoxy) is 1. The SMILES string of the molecule is CCN(Cc1cccc(F)c1)C(=O)COC(=O)Cn1[nH]c(=O)c2ccccc2c1=O. The molecule has 8 nitrogen and oxygen atoms in total. The van der Waals surface area contributed by atoms with Crippen molar-refractivity contribution in [2.45, 2.75) is 20.0 Å². The Bertz CT molecular complexity index is 1200. The second-order valence-electron chi connectivity index (χ2n) is 6.58. The number of aromatic amines is 1. The fraction of sp³-hybridized carbons (Fsp3) is 0.238. The molecule has 0 unspecified atom stereocenters. The Balaban J connectivity index is 1.63. The summed E-state index contributed by atoms with van der Waals surface area (Å²) in [4.78, 5) is 50.3. The molecule has 0 atom stereocenters. The van der Waals surface area contributed by atoms with Crippen LogP contribution < -0.4 is 11.1 Å². The van der Waals surface area contributed by atoms with E-state index >= 15 is 0 Å². The summed E-state index contributed by atoms with van der Waals surface area (Å²) in [6, 6.07) is 12.1. The maximum Gasteiger partial charge on any atom is 0.328 e. The molecule has 1 aromatic heterocycles. The summed E-state index contributed by atoms with van der Waals surface area (Å²) in [5.74, 6) is -1.72. The van der Waals surface area contributed by atoms with Gasteiger partial charge in [-0.05, 0) is 36.8 Å². The van der Waals surface area contributed by atoms with Crippen molar-refractivity contribution in [1.29, 1.82) is 0 Å². The Hall–Kier alpha value is -3.75. The average Bonchev–Trinajstić information content (AvgIpc) is 2.74. The number of hydrogen-bond acceptors (Lipinski definition) is 5. The lowest BCUT2D eigenvalue weighted by Crippen LogP contribution is -2.36. The predicted octanol–water partition coefficient (Wildman–Crippen LogP) is 1.42. The molecule has 0 aliphatic carbocycles. The minimum atomic E-state index is -0.849. The first-order chi connectivity index (χ1) is 14.4. The molecule has 30 heavy (non-hydrogen) atoms. The summed E-state index contributed by atoms with van der Waals surface area (Å²) in [7, 11) is 0. The molecule has 3 rings (SSSR count). The third kappa shape index (κ3) is 4.80. The number of likely N-dealkylation sites (N-methyl/N-ethyl adjacent to an activating group) is 1. The molecule has 0 bridgehead atoms. The number of fused-ring (bicyclic) bond motifs is 1. The van der Waals surface area contributed by atoms with Crippen LogP contribution in [-0.2, 0) is 27.4 Å². The number of halogens is 1. The second kappa shape index (κ2) is 9.17. The van der Waals surface area contributed by atoms with E-state index < -0.39 is 42.0 Å². The van der Waals surface area contributed by atoms with Crippen molar-refractivity contribution < 1.29 is 18.7 Å². The molecule has 2 aromatic carbocycles.